The SMILES string of the molecule is Cn1c(C#N)c(O)c2cnc(-c3ccccc3)nc21. The monoisotopic (exact) mass is 250 g/mol. The number of hydrogen-bond acceptors (Lipinski definition) is 4. The van der Waals surface area contributed by atoms with Crippen LogP contribution in [0, 0.1) is 11.3 Å². The lowest BCUT2D eigenvalue weighted by atomic mass is 10.2. The molecule has 0 aliphatic heterocycles. The second-order valence-electron chi connectivity index (χ2n) is 4.16. The Labute approximate surface area is 109 Å². The zero-order valence-corrected chi connectivity index (χ0v) is 10.2. The van der Waals surface area contributed by atoms with Crippen LogP contribution < -0.4 is 0 Å². The zero-order valence-electron chi connectivity index (χ0n) is 10.2. The molecule has 92 valence electrons. The fourth-order valence-corrected chi connectivity index (χ4v) is 2.04. The first-order valence-corrected chi connectivity index (χ1v) is 5.72. The van der Waals surface area contributed by atoms with E-state index in [-0.39, 0.29) is 11.4 Å². The molecule has 0 saturated heterocycles. The average Bonchev–Trinajstić information content (AvgIpc) is 2.71. The first-order chi connectivity index (χ1) is 9.22. The highest BCUT2D eigenvalue weighted by atomic mass is 16.3. The predicted molar refractivity (Wildman–Crippen MR) is 70.3 cm³/mol. The Balaban J connectivity index is 2.28. The number of fused-ring (bicyclic) bond motifs is 1. The van der Waals surface area contributed by atoms with Gasteiger partial charge in [-0.1, -0.05) is 30.3 Å². The summed E-state index contributed by atoms with van der Waals surface area (Å²) in [5.74, 6) is 0.498. The van der Waals surface area contributed by atoms with Crippen molar-refractivity contribution in [3.63, 3.8) is 0 Å². The van der Waals surface area contributed by atoms with Crippen LogP contribution in [-0.2, 0) is 7.05 Å². The van der Waals surface area contributed by atoms with Gasteiger partial charge in [-0.2, -0.15) is 5.26 Å². The highest BCUT2D eigenvalue weighted by molar-refractivity contribution is 5.87. The van der Waals surface area contributed by atoms with E-state index in [2.05, 4.69) is 9.97 Å². The fraction of sp³-hybridized carbons (Fsp3) is 0.0714. The molecule has 1 N–H and O–H groups in total. The molecule has 3 rings (SSSR count). The number of aryl methyl sites for hydroxylation is 1. The predicted octanol–water partition coefficient (Wildman–Crippen LogP) is 2.21. The molecule has 0 spiro atoms. The van der Waals surface area contributed by atoms with E-state index in [1.165, 1.54) is 0 Å². The summed E-state index contributed by atoms with van der Waals surface area (Å²) in [5.41, 5.74) is 1.63. The third-order valence-electron chi connectivity index (χ3n) is 3.04. The lowest BCUT2D eigenvalue weighted by molar-refractivity contribution is 0.477. The summed E-state index contributed by atoms with van der Waals surface area (Å²) in [7, 11) is 1.70. The molecule has 5 heteroatoms. The number of aromatic hydroxyl groups is 1. The Morgan fingerprint density at radius 2 is 2.00 bits per heavy atom. The van der Waals surface area contributed by atoms with Crippen LogP contribution in [0.4, 0.5) is 0 Å². The van der Waals surface area contributed by atoms with Gasteiger partial charge in [-0.15, -0.1) is 0 Å². The molecule has 0 aliphatic rings. The molecule has 0 fully saturated rings. The summed E-state index contributed by atoms with van der Waals surface area (Å²) in [6.07, 6.45) is 1.54. The van der Waals surface area contributed by atoms with Gasteiger partial charge in [0.1, 0.15) is 11.7 Å². The molecule has 19 heavy (non-hydrogen) atoms. The molecule has 0 amide bonds. The topological polar surface area (TPSA) is 74.7 Å². The van der Waals surface area contributed by atoms with Crippen LogP contribution in [0.1, 0.15) is 5.69 Å². The normalized spacial score (nSPS) is 10.5. The van der Waals surface area contributed by atoms with E-state index in [4.69, 9.17) is 5.26 Å². The molecule has 0 saturated carbocycles. The summed E-state index contributed by atoms with van der Waals surface area (Å²) >= 11 is 0. The zero-order chi connectivity index (χ0) is 13.4. The van der Waals surface area contributed by atoms with Crippen LogP contribution in [-0.4, -0.2) is 19.6 Å². The summed E-state index contributed by atoms with van der Waals surface area (Å²) < 4.78 is 1.57. The van der Waals surface area contributed by atoms with E-state index in [0.29, 0.717) is 16.9 Å². The van der Waals surface area contributed by atoms with Gasteiger partial charge in [-0.05, 0) is 0 Å². The number of aromatic nitrogens is 3. The van der Waals surface area contributed by atoms with E-state index >= 15 is 0 Å². The summed E-state index contributed by atoms with van der Waals surface area (Å²) in [4.78, 5) is 8.65. The Hall–Kier alpha value is -2.87. The second-order valence-corrected chi connectivity index (χ2v) is 4.16. The van der Waals surface area contributed by atoms with E-state index in [0.717, 1.165) is 5.56 Å². The molecule has 0 atom stereocenters. The van der Waals surface area contributed by atoms with Gasteiger partial charge < -0.3 is 9.67 Å². The van der Waals surface area contributed by atoms with Crippen molar-refractivity contribution in [3.05, 3.63) is 42.2 Å². The quantitative estimate of drug-likeness (QED) is 0.718. The van der Waals surface area contributed by atoms with Crippen LogP contribution in [0.25, 0.3) is 22.4 Å². The minimum atomic E-state index is -0.0698. The summed E-state index contributed by atoms with van der Waals surface area (Å²) in [6, 6.07) is 11.5. The van der Waals surface area contributed by atoms with Crippen molar-refractivity contribution in [2.24, 2.45) is 7.05 Å². The van der Waals surface area contributed by atoms with E-state index < -0.39 is 0 Å². The van der Waals surface area contributed by atoms with Crippen molar-refractivity contribution in [3.8, 4) is 23.2 Å². The number of nitriles is 1. The minimum absolute atomic E-state index is 0.0698. The first kappa shape index (κ1) is 11.2. The molecule has 1 aromatic carbocycles. The van der Waals surface area contributed by atoms with Crippen LogP contribution in [0.3, 0.4) is 0 Å². The fourth-order valence-electron chi connectivity index (χ4n) is 2.04. The average molecular weight is 250 g/mol. The lowest BCUT2D eigenvalue weighted by Gasteiger charge is -2.00. The van der Waals surface area contributed by atoms with Crippen molar-refractivity contribution in [1.82, 2.24) is 14.5 Å². The molecule has 0 aliphatic carbocycles. The Bertz CT molecular complexity index is 800. The van der Waals surface area contributed by atoms with Gasteiger partial charge in [-0.3, -0.25) is 0 Å². The van der Waals surface area contributed by atoms with Gasteiger partial charge in [-0.25, -0.2) is 9.97 Å². The maximum absolute atomic E-state index is 9.91. The maximum Gasteiger partial charge on any atom is 0.164 e. The molecule has 2 heterocycles. The molecule has 5 nitrogen and oxygen atoms in total. The van der Waals surface area contributed by atoms with Crippen molar-refractivity contribution >= 4 is 11.0 Å². The number of nitrogens with zero attached hydrogens (tertiary/aromatic N) is 4. The Kier molecular flexibility index (Phi) is 2.43. The number of rotatable bonds is 1. The van der Waals surface area contributed by atoms with Crippen LogP contribution in [0.5, 0.6) is 5.75 Å². The molecule has 0 radical (unpaired) electrons. The largest absolute Gasteiger partial charge is 0.504 e. The van der Waals surface area contributed by atoms with Crippen molar-refractivity contribution < 1.29 is 5.11 Å². The Morgan fingerprint density at radius 3 is 2.68 bits per heavy atom. The summed E-state index contributed by atoms with van der Waals surface area (Å²) in [5, 5.41) is 19.4. The van der Waals surface area contributed by atoms with Crippen LogP contribution >= 0.6 is 0 Å². The number of benzene rings is 1. The van der Waals surface area contributed by atoms with Gasteiger partial charge in [0.25, 0.3) is 0 Å². The van der Waals surface area contributed by atoms with Crippen molar-refractivity contribution in [2.75, 3.05) is 0 Å². The van der Waals surface area contributed by atoms with E-state index in [1.54, 1.807) is 17.8 Å². The molecular weight excluding hydrogens is 240 g/mol. The van der Waals surface area contributed by atoms with Crippen LogP contribution in [0.15, 0.2) is 36.5 Å². The van der Waals surface area contributed by atoms with Crippen LogP contribution in [0.2, 0.25) is 0 Å². The first-order valence-electron chi connectivity index (χ1n) is 5.72. The van der Waals surface area contributed by atoms with E-state index in [1.807, 2.05) is 36.4 Å². The minimum Gasteiger partial charge on any atom is -0.504 e. The van der Waals surface area contributed by atoms with Crippen molar-refractivity contribution in [2.45, 2.75) is 0 Å². The Morgan fingerprint density at radius 1 is 1.26 bits per heavy atom. The highest BCUT2D eigenvalue weighted by Crippen LogP contribution is 2.30. The van der Waals surface area contributed by atoms with Gasteiger partial charge in [0.2, 0.25) is 0 Å². The van der Waals surface area contributed by atoms with Crippen molar-refractivity contribution in [1.29, 1.82) is 5.26 Å². The maximum atomic E-state index is 9.91. The molecule has 3 aromatic rings. The van der Waals surface area contributed by atoms with E-state index in [9.17, 15) is 5.11 Å². The van der Waals surface area contributed by atoms with Gasteiger partial charge >= 0.3 is 0 Å². The third kappa shape index (κ3) is 1.62. The highest BCUT2D eigenvalue weighted by Gasteiger charge is 2.16. The van der Waals surface area contributed by atoms with Gasteiger partial charge in [0, 0.05) is 18.8 Å². The third-order valence-corrected chi connectivity index (χ3v) is 3.04. The standard InChI is InChI=1S/C14H10N4O/c1-18-11(7-15)12(19)10-8-16-13(17-14(10)18)9-5-3-2-4-6-9/h2-6,8,19H,1H3. The van der Waals surface area contributed by atoms with Gasteiger partial charge in [0.15, 0.2) is 17.3 Å². The molecular formula is C14H10N4O. The lowest BCUT2D eigenvalue weighted by Crippen LogP contribution is -1.95. The number of hydrogen-bond donors (Lipinski definition) is 1. The smallest absolute Gasteiger partial charge is 0.164 e. The molecule has 0 bridgehead atoms. The van der Waals surface area contributed by atoms with Gasteiger partial charge in [0.05, 0.1) is 5.39 Å². The summed E-state index contributed by atoms with van der Waals surface area (Å²) in [6.45, 7) is 0. The molecule has 2 aromatic heterocycles. The molecule has 0 unspecified atom stereocenters. The second kappa shape index (κ2) is 4.10.